The van der Waals surface area contributed by atoms with Gasteiger partial charge < -0.3 is 9.88 Å². The van der Waals surface area contributed by atoms with Crippen LogP contribution in [-0.4, -0.2) is 33.9 Å². The van der Waals surface area contributed by atoms with Gasteiger partial charge in [0.05, 0.1) is 10.9 Å². The highest BCUT2D eigenvalue weighted by atomic mass is 32.1. The first kappa shape index (κ1) is 14.0. The van der Waals surface area contributed by atoms with Crippen LogP contribution in [0, 0.1) is 10.7 Å². The van der Waals surface area contributed by atoms with Gasteiger partial charge in [0.25, 0.3) is 11.5 Å². The first-order valence-corrected chi connectivity index (χ1v) is 7.51. The van der Waals surface area contributed by atoms with Crippen LogP contribution in [0.15, 0.2) is 23.0 Å². The molecule has 0 saturated carbocycles. The Labute approximate surface area is 127 Å². The first-order valence-electron chi connectivity index (χ1n) is 7.10. The molecule has 2 heterocycles. The Hall–Kier alpha value is -1.95. The van der Waals surface area contributed by atoms with E-state index < -0.39 is 0 Å². The van der Waals surface area contributed by atoms with Gasteiger partial charge in [-0.15, -0.1) is 0 Å². The Morgan fingerprint density at radius 3 is 2.95 bits per heavy atom. The van der Waals surface area contributed by atoms with Gasteiger partial charge in [0.2, 0.25) is 0 Å². The maximum Gasteiger partial charge on any atom is 0.259 e. The summed E-state index contributed by atoms with van der Waals surface area (Å²) in [6, 6.07) is 5.08. The number of rotatable bonds is 1. The summed E-state index contributed by atoms with van der Waals surface area (Å²) >= 11 is 4.97. The lowest BCUT2D eigenvalue weighted by molar-refractivity contribution is 0.0683. The van der Waals surface area contributed by atoms with E-state index in [1.54, 1.807) is 18.2 Å². The number of benzene rings is 1. The number of hydrogen-bond acceptors (Lipinski definition) is 3. The molecule has 110 valence electrons. The van der Waals surface area contributed by atoms with Gasteiger partial charge in [-0.3, -0.25) is 14.6 Å². The molecule has 1 fully saturated rings. The number of nitrogens with one attached hydrogen (secondary N) is 2. The molecule has 1 atom stereocenters. The molecule has 1 aliphatic heterocycles. The van der Waals surface area contributed by atoms with Gasteiger partial charge in [0, 0.05) is 18.7 Å². The van der Waals surface area contributed by atoms with Crippen LogP contribution in [0.4, 0.5) is 0 Å². The summed E-state index contributed by atoms with van der Waals surface area (Å²) in [6.07, 6.45) is 2.21. The molecule has 2 aromatic rings. The van der Waals surface area contributed by atoms with Crippen molar-refractivity contribution in [3.05, 3.63) is 38.9 Å². The summed E-state index contributed by atoms with van der Waals surface area (Å²) in [6.45, 7) is 3.76. The molecular formula is C15H17N3O2S. The predicted octanol–water partition coefficient (Wildman–Crippen LogP) is 2.46. The van der Waals surface area contributed by atoms with Crippen LogP contribution < -0.4 is 5.56 Å². The Bertz CT molecular complexity index is 808. The molecule has 1 aliphatic rings. The summed E-state index contributed by atoms with van der Waals surface area (Å²) in [5, 5.41) is 0.507. The molecule has 1 aromatic carbocycles. The van der Waals surface area contributed by atoms with Crippen molar-refractivity contribution in [2.24, 2.45) is 5.92 Å². The fraction of sp³-hybridized carbons (Fsp3) is 0.400. The van der Waals surface area contributed by atoms with Crippen LogP contribution in [0.25, 0.3) is 10.9 Å². The second kappa shape index (κ2) is 5.44. The highest BCUT2D eigenvalue weighted by Crippen LogP contribution is 2.19. The third-order valence-electron chi connectivity index (χ3n) is 3.93. The van der Waals surface area contributed by atoms with Crippen molar-refractivity contribution >= 4 is 29.0 Å². The van der Waals surface area contributed by atoms with Crippen molar-refractivity contribution in [3.8, 4) is 0 Å². The summed E-state index contributed by atoms with van der Waals surface area (Å²) in [5.41, 5.74) is 0.951. The number of carbonyl (C=O) groups excluding carboxylic acids is 1. The summed E-state index contributed by atoms with van der Waals surface area (Å²) in [4.78, 5) is 31.7. The van der Waals surface area contributed by atoms with Gasteiger partial charge >= 0.3 is 0 Å². The molecule has 1 saturated heterocycles. The molecule has 5 nitrogen and oxygen atoms in total. The zero-order valence-electron chi connectivity index (χ0n) is 11.8. The van der Waals surface area contributed by atoms with Crippen molar-refractivity contribution in [2.45, 2.75) is 19.8 Å². The van der Waals surface area contributed by atoms with Crippen LogP contribution in [0.5, 0.6) is 0 Å². The van der Waals surface area contributed by atoms with Gasteiger partial charge in [-0.2, -0.15) is 0 Å². The van der Waals surface area contributed by atoms with E-state index in [1.165, 1.54) is 6.42 Å². The van der Waals surface area contributed by atoms with Crippen LogP contribution >= 0.6 is 12.2 Å². The van der Waals surface area contributed by atoms with E-state index in [-0.39, 0.29) is 16.2 Å². The van der Waals surface area contributed by atoms with E-state index in [2.05, 4.69) is 16.9 Å². The van der Waals surface area contributed by atoms with Crippen molar-refractivity contribution < 1.29 is 4.79 Å². The molecule has 0 radical (unpaired) electrons. The van der Waals surface area contributed by atoms with Gasteiger partial charge in [0.15, 0.2) is 4.77 Å². The molecule has 1 aromatic heterocycles. The van der Waals surface area contributed by atoms with Crippen LogP contribution in [0.3, 0.4) is 0 Å². The summed E-state index contributed by atoms with van der Waals surface area (Å²) in [5.74, 6) is 0.555. The molecule has 6 heteroatoms. The maximum absolute atomic E-state index is 12.6. The number of H-pyrrole nitrogens is 2. The largest absolute Gasteiger partial charge is 0.338 e. The molecule has 0 spiro atoms. The standard InChI is InChI=1S/C15H17N3O2S/c1-9-3-2-6-18(8-9)14(20)10-4-5-11-12(7-10)16-15(21)17-13(11)19/h4-5,7,9H,2-3,6,8H2,1H3,(H2,16,17,19,21)/t9-/m0/s1. The Morgan fingerprint density at radius 1 is 1.38 bits per heavy atom. The topological polar surface area (TPSA) is 69.0 Å². The predicted molar refractivity (Wildman–Crippen MR) is 84.1 cm³/mol. The van der Waals surface area contributed by atoms with Gasteiger partial charge in [-0.05, 0) is 49.2 Å². The number of aromatic amines is 2. The normalized spacial score (nSPS) is 18.9. The third kappa shape index (κ3) is 2.76. The first-order chi connectivity index (χ1) is 10.0. The number of carbonyl (C=O) groups is 1. The number of fused-ring (bicyclic) bond motifs is 1. The number of amides is 1. The van der Waals surface area contributed by atoms with Gasteiger partial charge in [-0.25, -0.2) is 0 Å². The number of likely N-dealkylation sites (tertiary alicyclic amines) is 1. The van der Waals surface area contributed by atoms with Crippen LogP contribution in [0.2, 0.25) is 0 Å². The lowest BCUT2D eigenvalue weighted by Crippen LogP contribution is -2.39. The smallest absolute Gasteiger partial charge is 0.259 e. The highest BCUT2D eigenvalue weighted by Gasteiger charge is 2.22. The Kier molecular flexibility index (Phi) is 3.63. The Balaban J connectivity index is 1.99. The van der Waals surface area contributed by atoms with Crippen molar-refractivity contribution in [1.82, 2.24) is 14.9 Å². The second-order valence-corrected chi connectivity index (χ2v) is 6.08. The second-order valence-electron chi connectivity index (χ2n) is 5.67. The summed E-state index contributed by atoms with van der Waals surface area (Å²) < 4.78 is 0.267. The van der Waals surface area contributed by atoms with E-state index in [9.17, 15) is 9.59 Å². The molecule has 0 unspecified atom stereocenters. The average molecular weight is 303 g/mol. The maximum atomic E-state index is 12.6. The van der Waals surface area contributed by atoms with Crippen LogP contribution in [-0.2, 0) is 0 Å². The minimum atomic E-state index is -0.237. The third-order valence-corrected chi connectivity index (χ3v) is 4.13. The number of aromatic nitrogens is 2. The monoisotopic (exact) mass is 303 g/mol. The number of nitrogens with zero attached hydrogens (tertiary/aromatic N) is 1. The summed E-state index contributed by atoms with van der Waals surface area (Å²) in [7, 11) is 0. The van der Waals surface area contributed by atoms with Crippen molar-refractivity contribution in [3.63, 3.8) is 0 Å². The van der Waals surface area contributed by atoms with E-state index in [0.717, 1.165) is 19.5 Å². The minimum Gasteiger partial charge on any atom is -0.338 e. The van der Waals surface area contributed by atoms with E-state index >= 15 is 0 Å². The van der Waals surface area contributed by atoms with E-state index in [4.69, 9.17) is 12.2 Å². The zero-order chi connectivity index (χ0) is 15.0. The molecule has 2 N–H and O–H groups in total. The van der Waals surface area contributed by atoms with Gasteiger partial charge in [-0.1, -0.05) is 6.92 Å². The zero-order valence-corrected chi connectivity index (χ0v) is 12.6. The van der Waals surface area contributed by atoms with Gasteiger partial charge in [0.1, 0.15) is 0 Å². The quantitative estimate of drug-likeness (QED) is 0.795. The molecule has 0 aliphatic carbocycles. The minimum absolute atomic E-state index is 0.0167. The average Bonchev–Trinajstić information content (AvgIpc) is 2.45. The van der Waals surface area contributed by atoms with E-state index in [1.807, 2.05) is 4.90 Å². The molecule has 3 rings (SSSR count). The fourth-order valence-corrected chi connectivity index (χ4v) is 3.06. The Morgan fingerprint density at radius 2 is 2.19 bits per heavy atom. The van der Waals surface area contributed by atoms with Crippen molar-refractivity contribution in [1.29, 1.82) is 0 Å². The molecular weight excluding hydrogens is 286 g/mol. The molecule has 21 heavy (non-hydrogen) atoms. The van der Waals surface area contributed by atoms with Crippen molar-refractivity contribution in [2.75, 3.05) is 13.1 Å². The lowest BCUT2D eigenvalue weighted by Gasteiger charge is -2.31. The lowest BCUT2D eigenvalue weighted by atomic mass is 9.99. The number of piperidine rings is 1. The van der Waals surface area contributed by atoms with E-state index in [0.29, 0.717) is 22.4 Å². The SMILES string of the molecule is C[C@H]1CCCN(C(=O)c2ccc3c(=O)[nH]c(=S)[nH]c3c2)C1. The van der Waals surface area contributed by atoms with Crippen LogP contribution in [0.1, 0.15) is 30.1 Å². The highest BCUT2D eigenvalue weighted by molar-refractivity contribution is 7.71. The fourth-order valence-electron chi connectivity index (χ4n) is 2.86. The molecule has 0 bridgehead atoms. The number of hydrogen-bond donors (Lipinski definition) is 2. The molecule has 1 amide bonds.